The molecule has 2 aromatic rings. The molecule has 3 heterocycles. The summed E-state index contributed by atoms with van der Waals surface area (Å²) in [6.45, 7) is 3.12. The highest BCUT2D eigenvalue weighted by molar-refractivity contribution is 5.55. The first-order valence-electron chi connectivity index (χ1n) is 7.69. The smallest absolute Gasteiger partial charge is 0.146 e. The van der Waals surface area contributed by atoms with Gasteiger partial charge < -0.3 is 14.6 Å². The number of piperidine rings is 1. The zero-order valence-corrected chi connectivity index (χ0v) is 13.4. The van der Waals surface area contributed by atoms with Gasteiger partial charge in [0.1, 0.15) is 24.0 Å². The summed E-state index contributed by atoms with van der Waals surface area (Å²) in [4.78, 5) is 6.51. The van der Waals surface area contributed by atoms with Crippen molar-refractivity contribution in [3.63, 3.8) is 0 Å². The van der Waals surface area contributed by atoms with Crippen LogP contribution < -0.4 is 4.90 Å². The third-order valence-corrected chi connectivity index (χ3v) is 4.28. The van der Waals surface area contributed by atoms with Gasteiger partial charge in [0, 0.05) is 32.3 Å². The van der Waals surface area contributed by atoms with Crippen LogP contribution in [0.3, 0.4) is 0 Å². The Morgan fingerprint density at radius 2 is 2.26 bits per heavy atom. The van der Waals surface area contributed by atoms with Gasteiger partial charge in [0.05, 0.1) is 11.2 Å². The zero-order chi connectivity index (χ0) is 16.4. The largest absolute Gasteiger partial charge is 0.388 e. The second-order valence-corrected chi connectivity index (χ2v) is 6.22. The van der Waals surface area contributed by atoms with E-state index >= 15 is 0 Å². The number of β-amino-alcohol motifs (C(OH)–C–C–N with tert-alkyl or cyclic N) is 1. The fraction of sp³-hybridized carbons (Fsp3) is 0.500. The van der Waals surface area contributed by atoms with Crippen LogP contribution in [0, 0.1) is 18.3 Å². The maximum absolute atomic E-state index is 11.0. The third-order valence-electron chi connectivity index (χ3n) is 4.28. The molecule has 0 amide bonds. The van der Waals surface area contributed by atoms with E-state index in [4.69, 9.17) is 0 Å². The highest BCUT2D eigenvalue weighted by Gasteiger charge is 2.36. The van der Waals surface area contributed by atoms with Crippen molar-refractivity contribution in [3.8, 4) is 6.07 Å². The van der Waals surface area contributed by atoms with Crippen LogP contribution >= 0.6 is 0 Å². The number of hydrogen-bond acceptors (Lipinski definition) is 6. The molecule has 0 radical (unpaired) electrons. The van der Waals surface area contributed by atoms with Crippen LogP contribution in [0.25, 0.3) is 0 Å². The minimum Gasteiger partial charge on any atom is -0.388 e. The van der Waals surface area contributed by atoms with Gasteiger partial charge in [-0.3, -0.25) is 0 Å². The van der Waals surface area contributed by atoms with Gasteiger partial charge in [-0.05, 0) is 31.9 Å². The zero-order valence-electron chi connectivity index (χ0n) is 13.4. The molecule has 1 fully saturated rings. The molecule has 7 nitrogen and oxygen atoms in total. The highest BCUT2D eigenvalue weighted by Crippen LogP contribution is 2.29. The fourth-order valence-corrected chi connectivity index (χ4v) is 3.07. The predicted molar refractivity (Wildman–Crippen MR) is 84.8 cm³/mol. The first-order chi connectivity index (χ1) is 11.0. The summed E-state index contributed by atoms with van der Waals surface area (Å²) in [6.07, 6.45) is 3.61. The molecule has 0 bridgehead atoms. The highest BCUT2D eigenvalue weighted by atomic mass is 16.3. The molecule has 1 atom stereocenters. The average Bonchev–Trinajstić information content (AvgIpc) is 2.92. The van der Waals surface area contributed by atoms with E-state index in [1.807, 2.05) is 29.5 Å². The lowest BCUT2D eigenvalue weighted by Gasteiger charge is -2.40. The van der Waals surface area contributed by atoms with E-state index in [2.05, 4.69) is 21.3 Å². The Bertz CT molecular complexity index is 749. The number of hydrogen-bond donors (Lipinski definition) is 1. The Morgan fingerprint density at radius 1 is 1.43 bits per heavy atom. The molecule has 1 aliphatic heterocycles. The van der Waals surface area contributed by atoms with E-state index in [1.54, 1.807) is 12.4 Å². The van der Waals surface area contributed by atoms with Crippen LogP contribution in [0.15, 0.2) is 18.5 Å². The van der Waals surface area contributed by atoms with Gasteiger partial charge in [0.15, 0.2) is 0 Å². The molecule has 3 rings (SSSR count). The van der Waals surface area contributed by atoms with Gasteiger partial charge in [0.25, 0.3) is 0 Å². The number of nitrogens with zero attached hydrogens (tertiary/aromatic N) is 6. The van der Waals surface area contributed by atoms with Crippen LogP contribution in [-0.2, 0) is 13.5 Å². The predicted octanol–water partition coefficient (Wildman–Crippen LogP) is 0.964. The van der Waals surface area contributed by atoms with Gasteiger partial charge >= 0.3 is 0 Å². The van der Waals surface area contributed by atoms with Gasteiger partial charge in [-0.15, -0.1) is 10.2 Å². The lowest BCUT2D eigenvalue weighted by Crippen LogP contribution is -2.50. The van der Waals surface area contributed by atoms with Gasteiger partial charge in [0.2, 0.25) is 0 Å². The lowest BCUT2D eigenvalue weighted by atomic mass is 9.89. The van der Waals surface area contributed by atoms with Crippen molar-refractivity contribution in [1.82, 2.24) is 19.7 Å². The Balaban J connectivity index is 1.85. The van der Waals surface area contributed by atoms with Crippen molar-refractivity contribution >= 4 is 5.82 Å². The molecular weight excluding hydrogens is 292 g/mol. The molecule has 1 unspecified atom stereocenters. The summed E-state index contributed by atoms with van der Waals surface area (Å²) in [5, 5.41) is 28.2. The molecule has 0 saturated carbocycles. The quantitative estimate of drug-likeness (QED) is 0.908. The minimum absolute atomic E-state index is 0.436. The van der Waals surface area contributed by atoms with Crippen LogP contribution in [-0.4, -0.2) is 43.5 Å². The first-order valence-corrected chi connectivity index (χ1v) is 7.69. The SMILES string of the molecule is Cc1ccc(C#N)c(N2CCCC(O)(Cc3nncn3C)C2)n1. The standard InChI is InChI=1S/C16H20N6O/c1-12-4-5-13(9-17)15(19-12)22-7-3-6-16(23,10-22)8-14-20-18-11-21(14)2/h4-5,11,23H,3,6-8,10H2,1-2H3. The summed E-state index contributed by atoms with van der Waals surface area (Å²) in [5.74, 6) is 1.41. The molecule has 0 spiro atoms. The average molecular weight is 312 g/mol. The van der Waals surface area contributed by atoms with Crippen LogP contribution in [0.4, 0.5) is 5.82 Å². The van der Waals surface area contributed by atoms with Crippen molar-refractivity contribution in [3.05, 3.63) is 35.5 Å². The number of pyridine rings is 1. The topological polar surface area (TPSA) is 90.9 Å². The second-order valence-electron chi connectivity index (χ2n) is 6.22. The molecule has 23 heavy (non-hydrogen) atoms. The van der Waals surface area contributed by atoms with E-state index in [-0.39, 0.29) is 0 Å². The normalized spacial score (nSPS) is 21.2. The number of anilines is 1. The van der Waals surface area contributed by atoms with Crippen LogP contribution in [0.1, 0.15) is 29.9 Å². The Labute approximate surface area is 135 Å². The Morgan fingerprint density at radius 3 is 2.96 bits per heavy atom. The van der Waals surface area contributed by atoms with Gasteiger partial charge in [-0.1, -0.05) is 0 Å². The van der Waals surface area contributed by atoms with E-state index in [0.29, 0.717) is 30.8 Å². The maximum atomic E-state index is 11.0. The first kappa shape index (κ1) is 15.4. The van der Waals surface area contributed by atoms with E-state index in [9.17, 15) is 10.4 Å². The maximum Gasteiger partial charge on any atom is 0.146 e. The summed E-state index contributed by atoms with van der Waals surface area (Å²) >= 11 is 0. The van der Waals surface area contributed by atoms with Crippen molar-refractivity contribution < 1.29 is 5.11 Å². The van der Waals surface area contributed by atoms with E-state index in [0.717, 1.165) is 24.5 Å². The number of nitriles is 1. The van der Waals surface area contributed by atoms with E-state index < -0.39 is 5.60 Å². The fourth-order valence-electron chi connectivity index (χ4n) is 3.07. The monoisotopic (exact) mass is 312 g/mol. The summed E-state index contributed by atoms with van der Waals surface area (Å²) in [7, 11) is 1.87. The van der Waals surface area contributed by atoms with Crippen molar-refractivity contribution in [2.75, 3.05) is 18.0 Å². The second kappa shape index (κ2) is 5.97. The summed E-state index contributed by atoms with van der Waals surface area (Å²) in [6, 6.07) is 5.81. The summed E-state index contributed by atoms with van der Waals surface area (Å²) in [5.41, 5.74) is 0.511. The molecule has 1 N–H and O–H groups in total. The number of aromatic nitrogens is 4. The molecule has 0 aliphatic carbocycles. The lowest BCUT2D eigenvalue weighted by molar-refractivity contribution is 0.0236. The molecule has 0 aromatic carbocycles. The van der Waals surface area contributed by atoms with Crippen LogP contribution in [0.5, 0.6) is 0 Å². The minimum atomic E-state index is -0.892. The van der Waals surface area contributed by atoms with Crippen molar-refractivity contribution in [2.45, 2.75) is 31.8 Å². The van der Waals surface area contributed by atoms with Crippen LogP contribution in [0.2, 0.25) is 0 Å². The third kappa shape index (κ3) is 3.17. The van der Waals surface area contributed by atoms with Crippen molar-refractivity contribution in [1.29, 1.82) is 5.26 Å². The van der Waals surface area contributed by atoms with Crippen molar-refractivity contribution in [2.24, 2.45) is 7.05 Å². The van der Waals surface area contributed by atoms with Gasteiger partial charge in [-0.25, -0.2) is 4.98 Å². The molecule has 120 valence electrons. The molecule has 7 heteroatoms. The molecule has 1 saturated heterocycles. The number of aliphatic hydroxyl groups is 1. The molecular formula is C16H20N6O. The number of rotatable bonds is 3. The van der Waals surface area contributed by atoms with E-state index in [1.165, 1.54) is 0 Å². The Hall–Kier alpha value is -2.46. The molecule has 1 aliphatic rings. The number of aryl methyl sites for hydroxylation is 2. The summed E-state index contributed by atoms with van der Waals surface area (Å²) < 4.78 is 1.82. The molecule has 2 aromatic heterocycles. The van der Waals surface area contributed by atoms with Gasteiger partial charge in [-0.2, -0.15) is 5.26 Å². The Kier molecular flexibility index (Phi) is 4.01.